The van der Waals surface area contributed by atoms with E-state index in [4.69, 9.17) is 0 Å². The van der Waals surface area contributed by atoms with E-state index >= 15 is 0 Å². The molecule has 0 aliphatic rings. The summed E-state index contributed by atoms with van der Waals surface area (Å²) >= 11 is 0. The van der Waals surface area contributed by atoms with Crippen LogP contribution in [0.25, 0.3) is 0 Å². The van der Waals surface area contributed by atoms with Gasteiger partial charge in [-0.3, -0.25) is 18.9 Å². The number of phenolic OH excluding ortho intramolecular Hbond substituents is 1. The first-order chi connectivity index (χ1) is 11.7. The molecule has 3 N–H and O–H groups in total. The zero-order valence-corrected chi connectivity index (χ0v) is 13.6. The van der Waals surface area contributed by atoms with E-state index in [0.29, 0.717) is 5.56 Å². The van der Waals surface area contributed by atoms with Crippen molar-refractivity contribution in [3.05, 3.63) is 56.2 Å². The molecule has 9 nitrogen and oxygen atoms in total. The number of hydrogen-bond donors (Lipinski definition) is 3. The minimum absolute atomic E-state index is 0.0267. The normalized spacial score (nSPS) is 12.4. The Morgan fingerprint density at radius 2 is 1.76 bits per heavy atom. The van der Waals surface area contributed by atoms with E-state index in [2.05, 4.69) is 4.99 Å². The number of carbonyl (C=O) groups is 1. The van der Waals surface area contributed by atoms with Crippen LogP contribution in [0.3, 0.4) is 0 Å². The largest absolute Gasteiger partial charge is 0.508 e. The highest BCUT2D eigenvalue weighted by molar-refractivity contribution is 5.85. The van der Waals surface area contributed by atoms with Gasteiger partial charge in [-0.05, 0) is 17.7 Å². The zero-order chi connectivity index (χ0) is 18.7. The van der Waals surface area contributed by atoms with E-state index in [-0.39, 0.29) is 17.7 Å². The number of aromatic nitrogens is 2. The Labute approximate surface area is 141 Å². The molecule has 0 spiro atoms. The summed E-state index contributed by atoms with van der Waals surface area (Å²) in [6.07, 6.45) is 0.981. The highest BCUT2D eigenvalue weighted by Crippen LogP contribution is 2.13. The molecule has 0 radical (unpaired) electrons. The molecular formula is C16H17N3O6. The molecule has 25 heavy (non-hydrogen) atoms. The standard InChI is InChI=1S/C16H17N3O6/c1-18-13(21)11(14(22)19(2)16(18)25)8-17-12(15(23)24)7-9-3-5-10(20)6-4-9/h3-6,8,12,20-21H,7H2,1-2H3,(H,23,24). The van der Waals surface area contributed by atoms with Gasteiger partial charge < -0.3 is 15.3 Å². The molecule has 1 aromatic heterocycles. The number of nitrogens with zero attached hydrogens (tertiary/aromatic N) is 3. The SMILES string of the molecule is Cn1c(O)c(C=NC(Cc2ccc(O)cc2)C(=O)O)c(=O)n(C)c1=O. The fourth-order valence-corrected chi connectivity index (χ4v) is 2.20. The van der Waals surface area contributed by atoms with E-state index in [1.54, 1.807) is 12.1 Å². The summed E-state index contributed by atoms with van der Waals surface area (Å²) in [7, 11) is 2.52. The highest BCUT2D eigenvalue weighted by atomic mass is 16.4. The van der Waals surface area contributed by atoms with E-state index in [1.807, 2.05) is 0 Å². The number of aliphatic imine (C=N–C) groups is 1. The third-order valence-corrected chi connectivity index (χ3v) is 3.70. The molecule has 1 atom stereocenters. The minimum Gasteiger partial charge on any atom is -0.508 e. The molecule has 0 amide bonds. The maximum absolute atomic E-state index is 12.1. The number of carboxylic acids is 1. The summed E-state index contributed by atoms with van der Waals surface area (Å²) in [4.78, 5) is 39.0. The first-order valence-electron chi connectivity index (χ1n) is 7.25. The molecule has 0 aliphatic carbocycles. The van der Waals surface area contributed by atoms with Gasteiger partial charge in [0.15, 0.2) is 6.04 Å². The van der Waals surface area contributed by atoms with E-state index in [1.165, 1.54) is 26.2 Å². The molecule has 2 rings (SSSR count). The Morgan fingerprint density at radius 1 is 1.16 bits per heavy atom. The van der Waals surface area contributed by atoms with Crippen molar-refractivity contribution in [3.63, 3.8) is 0 Å². The van der Waals surface area contributed by atoms with Gasteiger partial charge in [-0.25, -0.2) is 9.59 Å². The number of hydrogen-bond acceptors (Lipinski definition) is 6. The molecular weight excluding hydrogens is 330 g/mol. The molecule has 0 saturated heterocycles. The molecule has 0 saturated carbocycles. The predicted octanol–water partition coefficient (Wildman–Crippen LogP) is -0.390. The van der Waals surface area contributed by atoms with E-state index in [0.717, 1.165) is 15.3 Å². The van der Waals surface area contributed by atoms with Gasteiger partial charge in [0.1, 0.15) is 11.3 Å². The molecule has 132 valence electrons. The third-order valence-electron chi connectivity index (χ3n) is 3.70. The second-order valence-corrected chi connectivity index (χ2v) is 5.45. The van der Waals surface area contributed by atoms with Crippen LogP contribution in [0.4, 0.5) is 0 Å². The average Bonchev–Trinajstić information content (AvgIpc) is 2.58. The quantitative estimate of drug-likeness (QED) is 0.631. The number of aliphatic carboxylic acids is 1. The van der Waals surface area contributed by atoms with Crippen molar-refractivity contribution in [2.24, 2.45) is 19.1 Å². The summed E-state index contributed by atoms with van der Waals surface area (Å²) in [6.45, 7) is 0. The Kier molecular flexibility index (Phi) is 5.06. The van der Waals surface area contributed by atoms with Gasteiger partial charge in [-0.15, -0.1) is 0 Å². The molecule has 2 aromatic rings. The van der Waals surface area contributed by atoms with Gasteiger partial charge in [0.2, 0.25) is 5.88 Å². The monoisotopic (exact) mass is 347 g/mol. The second kappa shape index (κ2) is 7.04. The minimum atomic E-state index is -1.22. The molecule has 1 aromatic carbocycles. The fourth-order valence-electron chi connectivity index (χ4n) is 2.20. The Bertz CT molecular complexity index is 940. The van der Waals surface area contributed by atoms with Crippen LogP contribution in [-0.4, -0.2) is 42.7 Å². The molecule has 1 heterocycles. The summed E-state index contributed by atoms with van der Waals surface area (Å²) < 4.78 is 1.65. The topological polar surface area (TPSA) is 134 Å². The lowest BCUT2D eigenvalue weighted by atomic mass is 10.1. The molecule has 9 heteroatoms. The Hall–Kier alpha value is -3.36. The lowest BCUT2D eigenvalue weighted by Gasteiger charge is -2.09. The van der Waals surface area contributed by atoms with Crippen LogP contribution in [0.5, 0.6) is 11.6 Å². The van der Waals surface area contributed by atoms with E-state index in [9.17, 15) is 29.7 Å². The maximum atomic E-state index is 12.1. The summed E-state index contributed by atoms with van der Waals surface area (Å²) in [5.41, 5.74) is -1.14. The number of rotatable bonds is 5. The van der Waals surface area contributed by atoms with Gasteiger partial charge >= 0.3 is 11.7 Å². The number of aromatic hydroxyl groups is 2. The number of carboxylic acid groups (broad SMARTS) is 1. The van der Waals surface area contributed by atoms with Gasteiger partial charge in [-0.1, -0.05) is 12.1 Å². The average molecular weight is 347 g/mol. The summed E-state index contributed by atoms with van der Waals surface area (Å²) in [6, 6.07) is 4.76. The second-order valence-electron chi connectivity index (χ2n) is 5.45. The van der Waals surface area contributed by atoms with Crippen molar-refractivity contribution in [2.45, 2.75) is 12.5 Å². The van der Waals surface area contributed by atoms with Crippen molar-refractivity contribution in [3.8, 4) is 11.6 Å². The lowest BCUT2D eigenvalue weighted by Crippen LogP contribution is -2.38. The smallest absolute Gasteiger partial charge is 0.333 e. The van der Waals surface area contributed by atoms with Gasteiger partial charge in [0, 0.05) is 26.7 Å². The van der Waals surface area contributed by atoms with Crippen molar-refractivity contribution >= 4 is 12.2 Å². The van der Waals surface area contributed by atoms with Crippen molar-refractivity contribution in [1.29, 1.82) is 0 Å². The van der Waals surface area contributed by atoms with Crippen LogP contribution in [0, 0.1) is 0 Å². The number of benzene rings is 1. The van der Waals surface area contributed by atoms with Crippen LogP contribution in [0.2, 0.25) is 0 Å². The van der Waals surface area contributed by atoms with Crippen LogP contribution in [0.15, 0.2) is 38.8 Å². The first kappa shape index (κ1) is 18.0. The summed E-state index contributed by atoms with van der Waals surface area (Å²) in [5.74, 6) is -1.76. The Morgan fingerprint density at radius 3 is 2.32 bits per heavy atom. The molecule has 0 bridgehead atoms. The summed E-state index contributed by atoms with van der Waals surface area (Å²) in [5, 5.41) is 28.5. The zero-order valence-electron chi connectivity index (χ0n) is 13.6. The van der Waals surface area contributed by atoms with E-state index < -0.39 is 29.1 Å². The fraction of sp³-hybridized carbons (Fsp3) is 0.250. The molecule has 0 fully saturated rings. The van der Waals surface area contributed by atoms with Crippen molar-refractivity contribution in [1.82, 2.24) is 9.13 Å². The Balaban J connectivity index is 2.38. The van der Waals surface area contributed by atoms with Crippen molar-refractivity contribution in [2.75, 3.05) is 0 Å². The number of phenols is 1. The lowest BCUT2D eigenvalue weighted by molar-refractivity contribution is -0.138. The van der Waals surface area contributed by atoms with Gasteiger partial charge in [0.05, 0.1) is 0 Å². The molecule has 0 aliphatic heterocycles. The highest BCUT2D eigenvalue weighted by Gasteiger charge is 2.18. The third kappa shape index (κ3) is 3.77. The van der Waals surface area contributed by atoms with Crippen LogP contribution in [0.1, 0.15) is 11.1 Å². The predicted molar refractivity (Wildman–Crippen MR) is 89.4 cm³/mol. The van der Waals surface area contributed by atoms with Crippen LogP contribution < -0.4 is 11.2 Å². The van der Waals surface area contributed by atoms with Crippen LogP contribution in [-0.2, 0) is 25.3 Å². The van der Waals surface area contributed by atoms with Crippen molar-refractivity contribution < 1.29 is 20.1 Å². The first-order valence-corrected chi connectivity index (χ1v) is 7.25. The maximum Gasteiger partial charge on any atom is 0.333 e. The van der Waals surface area contributed by atoms with Gasteiger partial charge in [-0.2, -0.15) is 0 Å². The van der Waals surface area contributed by atoms with Crippen LogP contribution >= 0.6 is 0 Å². The van der Waals surface area contributed by atoms with Gasteiger partial charge in [0.25, 0.3) is 5.56 Å². The molecule has 1 unspecified atom stereocenters.